The molecule has 1 N–H and O–H groups in total. The number of halogens is 1. The molecule has 2 unspecified atom stereocenters. The topological polar surface area (TPSA) is 12.0 Å². The molecule has 19 heavy (non-hydrogen) atoms. The number of aryl methyl sites for hydroxylation is 1. The van der Waals surface area contributed by atoms with Gasteiger partial charge in [0, 0.05) is 0 Å². The van der Waals surface area contributed by atoms with Crippen molar-refractivity contribution in [2.24, 2.45) is 11.8 Å². The highest BCUT2D eigenvalue weighted by Crippen LogP contribution is 2.34. The molecule has 0 radical (unpaired) electrons. The molecule has 1 saturated carbocycles. The molecule has 0 saturated heterocycles. The van der Waals surface area contributed by atoms with E-state index in [2.05, 4.69) is 19.2 Å². The summed E-state index contributed by atoms with van der Waals surface area (Å²) >= 11 is 0. The van der Waals surface area contributed by atoms with Gasteiger partial charge in [-0.2, -0.15) is 0 Å². The van der Waals surface area contributed by atoms with Gasteiger partial charge in [-0.1, -0.05) is 19.4 Å². The zero-order valence-corrected chi connectivity index (χ0v) is 12.2. The summed E-state index contributed by atoms with van der Waals surface area (Å²) in [5, 5.41) is 3.54. The molecule has 2 heteroatoms. The summed E-state index contributed by atoms with van der Waals surface area (Å²) in [5.74, 6) is 1.40. The Balaban J connectivity index is 1.95. The minimum absolute atomic E-state index is 0.0979. The molecule has 0 aromatic heterocycles. The lowest BCUT2D eigenvalue weighted by molar-refractivity contribution is 0.364. The summed E-state index contributed by atoms with van der Waals surface area (Å²) in [6.45, 7) is 6.54. The Morgan fingerprint density at radius 1 is 1.26 bits per heavy atom. The van der Waals surface area contributed by atoms with Gasteiger partial charge in [0.05, 0.1) is 0 Å². The van der Waals surface area contributed by atoms with Crippen molar-refractivity contribution >= 4 is 0 Å². The molecule has 1 fully saturated rings. The molecule has 0 spiro atoms. The molecular formula is C17H26FN. The smallest absolute Gasteiger partial charge is 0.123 e. The van der Waals surface area contributed by atoms with Gasteiger partial charge < -0.3 is 5.32 Å². The van der Waals surface area contributed by atoms with Crippen LogP contribution in [0.4, 0.5) is 4.39 Å². The highest BCUT2D eigenvalue weighted by molar-refractivity contribution is 5.27. The van der Waals surface area contributed by atoms with Crippen LogP contribution in [-0.4, -0.2) is 13.1 Å². The van der Waals surface area contributed by atoms with Crippen LogP contribution in [0.2, 0.25) is 0 Å². The number of hydrogen-bond donors (Lipinski definition) is 1. The summed E-state index contributed by atoms with van der Waals surface area (Å²) in [7, 11) is 0. The molecule has 1 aromatic rings. The summed E-state index contributed by atoms with van der Waals surface area (Å²) in [6.07, 6.45) is 6.20. The molecule has 1 nitrogen and oxygen atoms in total. The Hall–Kier alpha value is -0.890. The molecular weight excluding hydrogens is 237 g/mol. The quantitative estimate of drug-likeness (QED) is 0.762. The average molecular weight is 263 g/mol. The maximum Gasteiger partial charge on any atom is 0.123 e. The largest absolute Gasteiger partial charge is 0.316 e. The molecule has 2 rings (SSSR count). The first kappa shape index (κ1) is 14.5. The van der Waals surface area contributed by atoms with Crippen LogP contribution in [0.3, 0.4) is 0 Å². The lowest BCUT2D eigenvalue weighted by atomic mass is 9.88. The van der Waals surface area contributed by atoms with Gasteiger partial charge in [0.1, 0.15) is 5.82 Å². The molecule has 1 aliphatic carbocycles. The van der Waals surface area contributed by atoms with Gasteiger partial charge in [-0.3, -0.25) is 0 Å². The van der Waals surface area contributed by atoms with Crippen LogP contribution in [0.1, 0.15) is 43.7 Å². The van der Waals surface area contributed by atoms with Crippen molar-refractivity contribution < 1.29 is 4.39 Å². The third kappa shape index (κ3) is 4.04. The van der Waals surface area contributed by atoms with Gasteiger partial charge in [-0.15, -0.1) is 0 Å². The van der Waals surface area contributed by atoms with E-state index in [9.17, 15) is 4.39 Å². The van der Waals surface area contributed by atoms with E-state index in [4.69, 9.17) is 0 Å². The predicted molar refractivity (Wildman–Crippen MR) is 78.8 cm³/mol. The average Bonchev–Trinajstić information content (AvgIpc) is 2.82. The van der Waals surface area contributed by atoms with Crippen LogP contribution in [-0.2, 0) is 6.42 Å². The fourth-order valence-corrected chi connectivity index (χ4v) is 3.26. The van der Waals surface area contributed by atoms with Gasteiger partial charge in [-0.05, 0) is 80.8 Å². The summed E-state index contributed by atoms with van der Waals surface area (Å²) in [4.78, 5) is 0. The molecule has 106 valence electrons. The van der Waals surface area contributed by atoms with E-state index in [-0.39, 0.29) is 5.82 Å². The van der Waals surface area contributed by atoms with Crippen molar-refractivity contribution in [2.45, 2.75) is 46.0 Å². The third-order valence-corrected chi connectivity index (χ3v) is 4.44. The Morgan fingerprint density at radius 3 is 2.84 bits per heavy atom. The molecule has 2 atom stereocenters. The van der Waals surface area contributed by atoms with Crippen LogP contribution in [0.5, 0.6) is 0 Å². The number of benzene rings is 1. The second kappa shape index (κ2) is 7.04. The molecule has 1 aromatic carbocycles. The van der Waals surface area contributed by atoms with Gasteiger partial charge >= 0.3 is 0 Å². The minimum atomic E-state index is -0.0979. The Bertz CT molecular complexity index is 402. The first-order chi connectivity index (χ1) is 9.20. The molecule has 1 aliphatic rings. The van der Waals surface area contributed by atoms with Crippen molar-refractivity contribution in [2.75, 3.05) is 13.1 Å². The van der Waals surface area contributed by atoms with E-state index in [0.717, 1.165) is 31.3 Å². The second-order valence-electron chi connectivity index (χ2n) is 5.93. The van der Waals surface area contributed by atoms with E-state index in [0.29, 0.717) is 0 Å². The van der Waals surface area contributed by atoms with E-state index in [1.54, 1.807) is 12.1 Å². The van der Waals surface area contributed by atoms with Crippen molar-refractivity contribution in [3.8, 4) is 0 Å². The van der Waals surface area contributed by atoms with Crippen LogP contribution in [0, 0.1) is 24.6 Å². The van der Waals surface area contributed by atoms with Crippen molar-refractivity contribution in [1.82, 2.24) is 5.32 Å². The maximum absolute atomic E-state index is 13.4. The Labute approximate surface area is 116 Å². The van der Waals surface area contributed by atoms with Crippen LogP contribution >= 0.6 is 0 Å². The number of nitrogens with one attached hydrogen (secondary N) is 1. The fourth-order valence-electron chi connectivity index (χ4n) is 3.26. The lowest BCUT2D eigenvalue weighted by Crippen LogP contribution is -2.26. The maximum atomic E-state index is 13.4. The van der Waals surface area contributed by atoms with Crippen LogP contribution < -0.4 is 5.32 Å². The Morgan fingerprint density at radius 2 is 2.05 bits per heavy atom. The van der Waals surface area contributed by atoms with Gasteiger partial charge in [0.2, 0.25) is 0 Å². The molecule has 0 bridgehead atoms. The van der Waals surface area contributed by atoms with Gasteiger partial charge in [-0.25, -0.2) is 4.39 Å². The first-order valence-corrected chi connectivity index (χ1v) is 7.66. The summed E-state index contributed by atoms with van der Waals surface area (Å²) in [5.41, 5.74) is 2.43. The zero-order chi connectivity index (χ0) is 13.7. The third-order valence-electron chi connectivity index (χ3n) is 4.44. The van der Waals surface area contributed by atoms with Crippen LogP contribution in [0.25, 0.3) is 0 Å². The van der Waals surface area contributed by atoms with Crippen LogP contribution in [0.15, 0.2) is 18.2 Å². The standard InChI is InChI=1S/C17H26FN/c1-3-9-19-12-15-6-4-5-14(15)10-16-11-17(18)8-7-13(16)2/h7-8,11,14-15,19H,3-6,9-10,12H2,1-2H3. The van der Waals surface area contributed by atoms with Gasteiger partial charge in [0.15, 0.2) is 0 Å². The van der Waals surface area contributed by atoms with E-state index in [1.807, 2.05) is 6.07 Å². The van der Waals surface area contributed by atoms with Gasteiger partial charge in [0.25, 0.3) is 0 Å². The molecule has 0 amide bonds. The SMILES string of the molecule is CCCNCC1CCCC1Cc1cc(F)ccc1C. The van der Waals surface area contributed by atoms with E-state index in [1.165, 1.54) is 36.8 Å². The molecule has 0 aliphatic heterocycles. The zero-order valence-electron chi connectivity index (χ0n) is 12.2. The van der Waals surface area contributed by atoms with Crippen molar-refractivity contribution in [1.29, 1.82) is 0 Å². The number of rotatable bonds is 6. The van der Waals surface area contributed by atoms with E-state index >= 15 is 0 Å². The molecule has 0 heterocycles. The highest BCUT2D eigenvalue weighted by atomic mass is 19.1. The van der Waals surface area contributed by atoms with Crippen molar-refractivity contribution in [3.05, 3.63) is 35.1 Å². The fraction of sp³-hybridized carbons (Fsp3) is 0.647. The summed E-state index contributed by atoms with van der Waals surface area (Å²) in [6, 6.07) is 5.20. The number of hydrogen-bond acceptors (Lipinski definition) is 1. The normalized spacial score (nSPS) is 22.9. The second-order valence-corrected chi connectivity index (χ2v) is 5.93. The minimum Gasteiger partial charge on any atom is -0.316 e. The lowest BCUT2D eigenvalue weighted by Gasteiger charge is -2.21. The monoisotopic (exact) mass is 263 g/mol. The summed E-state index contributed by atoms with van der Waals surface area (Å²) < 4.78 is 13.4. The first-order valence-electron chi connectivity index (χ1n) is 7.66. The Kier molecular flexibility index (Phi) is 5.38. The van der Waals surface area contributed by atoms with Crippen molar-refractivity contribution in [3.63, 3.8) is 0 Å². The van der Waals surface area contributed by atoms with E-state index < -0.39 is 0 Å². The highest BCUT2D eigenvalue weighted by Gasteiger charge is 2.27. The predicted octanol–water partition coefficient (Wildman–Crippen LogP) is 4.09.